The molecule has 2 aromatic rings. The molecule has 9 heteroatoms. The Bertz CT molecular complexity index is 1140. The Morgan fingerprint density at radius 2 is 1.89 bits per heavy atom. The number of ether oxygens (including phenoxy) is 1. The van der Waals surface area contributed by atoms with Gasteiger partial charge in [0.2, 0.25) is 5.91 Å². The van der Waals surface area contributed by atoms with Crippen LogP contribution in [0.15, 0.2) is 48.5 Å². The summed E-state index contributed by atoms with van der Waals surface area (Å²) in [6.07, 6.45) is -0.101. The summed E-state index contributed by atoms with van der Waals surface area (Å²) in [6.45, 7) is 7.14. The van der Waals surface area contributed by atoms with Crippen molar-refractivity contribution in [1.29, 1.82) is 0 Å². The van der Waals surface area contributed by atoms with Crippen molar-refractivity contribution in [2.24, 2.45) is 5.92 Å². The van der Waals surface area contributed by atoms with E-state index >= 15 is 0 Å². The molecule has 4 atom stereocenters. The van der Waals surface area contributed by atoms with Crippen molar-refractivity contribution < 1.29 is 24.2 Å². The average molecular weight is 496 g/mol. The Balaban J connectivity index is 1.69. The highest BCUT2D eigenvalue weighted by Crippen LogP contribution is 2.61. The van der Waals surface area contributed by atoms with Gasteiger partial charge in [-0.25, -0.2) is 0 Å². The van der Waals surface area contributed by atoms with Gasteiger partial charge >= 0.3 is 0 Å². The van der Waals surface area contributed by atoms with E-state index in [1.54, 1.807) is 9.80 Å². The fourth-order valence-corrected chi connectivity index (χ4v) is 8.87. The van der Waals surface area contributed by atoms with Crippen LogP contribution in [0.3, 0.4) is 0 Å². The third-order valence-corrected chi connectivity index (χ3v) is 10.2. The molecular weight excluding hydrogens is 462 g/mol. The number of hydrogen-bond acceptors (Lipinski definition) is 6. The number of nitrogens with zero attached hydrogens (tertiary/aromatic N) is 2. The predicted octanol–water partition coefficient (Wildman–Crippen LogP) is 2.48. The van der Waals surface area contributed by atoms with Gasteiger partial charge in [0.25, 0.3) is 5.91 Å². The van der Waals surface area contributed by atoms with Gasteiger partial charge in [-0.1, -0.05) is 25.1 Å². The van der Waals surface area contributed by atoms with E-state index in [-0.39, 0.29) is 36.4 Å². The average Bonchev–Trinajstić information content (AvgIpc) is 3.26. The first-order valence-electron chi connectivity index (χ1n) is 12.3. The lowest BCUT2D eigenvalue weighted by molar-refractivity contribution is -0.145. The molecule has 3 N–H and O–H groups in total. The van der Waals surface area contributed by atoms with Gasteiger partial charge in [0.05, 0.1) is 18.3 Å². The number of para-hydroxylation sites is 1. The summed E-state index contributed by atoms with van der Waals surface area (Å²) in [5, 5.41) is 12.9. The van der Waals surface area contributed by atoms with Crippen LogP contribution in [0, 0.1) is 5.92 Å². The highest BCUT2D eigenvalue weighted by atomic mass is 28.4. The van der Waals surface area contributed by atoms with Crippen LogP contribution in [0.4, 0.5) is 17.1 Å². The largest absolute Gasteiger partial charge is 0.432 e. The maximum absolute atomic E-state index is 14.4. The van der Waals surface area contributed by atoms with E-state index in [1.165, 1.54) is 0 Å². The second-order valence-electron chi connectivity index (χ2n) is 10.3. The van der Waals surface area contributed by atoms with E-state index in [2.05, 4.69) is 5.32 Å². The number of piperazine rings is 1. The van der Waals surface area contributed by atoms with Crippen molar-refractivity contribution in [2.45, 2.75) is 43.7 Å². The normalized spacial score (nSPS) is 28.8. The van der Waals surface area contributed by atoms with Gasteiger partial charge in [-0.2, -0.15) is 0 Å². The van der Waals surface area contributed by atoms with Crippen molar-refractivity contribution in [1.82, 2.24) is 5.32 Å². The molecule has 3 heterocycles. The number of fused-ring (bicyclic) bond motifs is 2. The molecule has 2 amide bonds. The molecule has 0 aliphatic carbocycles. The van der Waals surface area contributed by atoms with Gasteiger partial charge in [0, 0.05) is 48.1 Å². The summed E-state index contributed by atoms with van der Waals surface area (Å²) in [7, 11) is -2.77. The lowest BCUT2D eigenvalue weighted by Crippen LogP contribution is -2.48. The topological polar surface area (TPSA) is 102 Å². The molecule has 0 unspecified atom stereocenters. The number of nitrogens with one attached hydrogen (secondary N) is 1. The fourth-order valence-electron chi connectivity index (χ4n) is 6.27. The van der Waals surface area contributed by atoms with Gasteiger partial charge < -0.3 is 24.9 Å². The quantitative estimate of drug-likeness (QED) is 0.551. The molecule has 1 spiro atoms. The number of aliphatic hydroxyl groups excluding tert-OH is 1. The highest BCUT2D eigenvalue weighted by molar-refractivity contribution is 6.71. The molecule has 3 aliphatic rings. The van der Waals surface area contributed by atoms with Crippen LogP contribution in [0.5, 0.6) is 0 Å². The van der Waals surface area contributed by atoms with Gasteiger partial charge in [0.15, 0.2) is 13.9 Å². The van der Waals surface area contributed by atoms with Crippen LogP contribution in [0.2, 0.25) is 18.6 Å². The molecule has 0 aromatic heterocycles. The molecule has 5 rings (SSSR count). The minimum absolute atomic E-state index is 0.0187. The van der Waals surface area contributed by atoms with Gasteiger partial charge in [-0.05, 0) is 49.8 Å². The van der Waals surface area contributed by atoms with Crippen molar-refractivity contribution in [2.75, 3.05) is 36.0 Å². The zero-order chi connectivity index (χ0) is 25.0. The molecule has 35 heavy (non-hydrogen) atoms. The number of amides is 2. The summed E-state index contributed by atoms with van der Waals surface area (Å²) in [5.41, 5.74) is 1.35. The van der Waals surface area contributed by atoms with Gasteiger partial charge in [0.1, 0.15) is 0 Å². The first-order valence-corrected chi connectivity index (χ1v) is 15.3. The first kappa shape index (κ1) is 24.1. The molecule has 0 saturated carbocycles. The summed E-state index contributed by atoms with van der Waals surface area (Å²) in [4.78, 5) is 41.7. The van der Waals surface area contributed by atoms with Crippen molar-refractivity contribution in [3.8, 4) is 0 Å². The second kappa shape index (κ2) is 8.83. The zero-order valence-electron chi connectivity index (χ0n) is 20.4. The molecular formula is C26H33N3O5Si. The minimum atomic E-state index is -2.77. The van der Waals surface area contributed by atoms with Gasteiger partial charge in [-0.3, -0.25) is 14.5 Å². The Hall–Kier alpha value is -2.56. The molecule has 2 saturated heterocycles. The summed E-state index contributed by atoms with van der Waals surface area (Å²) in [6, 6.07) is 15.2. The maximum Gasteiger partial charge on any atom is 0.268 e. The monoisotopic (exact) mass is 495 g/mol. The fraction of sp³-hybridized carbons (Fsp3) is 0.462. The number of carbonyl (C=O) groups is 2. The standard InChI is InChI=1S/C26H33N3O5Si/c1-17-24(35(2,3)33)22(11-14-30)34-26(17)20-15-19(28-13-12-27-16-23(28)31)9-10-21(20)29(25(26)32)18-7-5-4-6-8-18/h4-10,15,17,22,24,27,30,33H,11-14,16H2,1-3H3/t17-,22+,24-,26+/m1/s1. The number of rotatable bonds is 5. The van der Waals surface area contributed by atoms with Crippen LogP contribution >= 0.6 is 0 Å². The Morgan fingerprint density at radius 3 is 2.54 bits per heavy atom. The van der Waals surface area contributed by atoms with Crippen LogP contribution in [-0.2, 0) is 19.9 Å². The van der Waals surface area contributed by atoms with E-state index in [1.807, 2.05) is 68.5 Å². The number of anilines is 3. The highest BCUT2D eigenvalue weighted by Gasteiger charge is 2.66. The van der Waals surface area contributed by atoms with E-state index in [0.717, 1.165) is 17.1 Å². The van der Waals surface area contributed by atoms with E-state index in [9.17, 15) is 19.5 Å². The number of carbonyl (C=O) groups excluding carboxylic acids is 2. The van der Waals surface area contributed by atoms with Crippen molar-refractivity contribution in [3.05, 3.63) is 54.1 Å². The smallest absolute Gasteiger partial charge is 0.268 e. The molecule has 3 aliphatic heterocycles. The minimum Gasteiger partial charge on any atom is -0.432 e. The Labute approximate surface area is 206 Å². The third-order valence-electron chi connectivity index (χ3n) is 7.70. The number of benzene rings is 2. The van der Waals surface area contributed by atoms with Crippen LogP contribution in [-0.4, -0.2) is 62.4 Å². The van der Waals surface area contributed by atoms with E-state index < -0.39 is 20.0 Å². The Kier molecular flexibility index (Phi) is 6.09. The van der Waals surface area contributed by atoms with E-state index in [4.69, 9.17) is 4.74 Å². The molecule has 186 valence electrons. The zero-order valence-corrected chi connectivity index (χ0v) is 21.4. The Morgan fingerprint density at radius 1 is 1.14 bits per heavy atom. The first-order chi connectivity index (χ1) is 16.7. The maximum atomic E-state index is 14.4. The van der Waals surface area contributed by atoms with Crippen LogP contribution in [0.1, 0.15) is 18.9 Å². The molecule has 2 fully saturated rings. The molecule has 0 bridgehead atoms. The molecule has 0 radical (unpaired) electrons. The van der Waals surface area contributed by atoms with Crippen LogP contribution in [0.25, 0.3) is 0 Å². The lowest BCUT2D eigenvalue weighted by atomic mass is 9.82. The lowest BCUT2D eigenvalue weighted by Gasteiger charge is -2.33. The van der Waals surface area contributed by atoms with Crippen LogP contribution < -0.4 is 15.1 Å². The summed E-state index contributed by atoms with van der Waals surface area (Å²) in [5.74, 6) is -0.534. The molecule has 2 aromatic carbocycles. The number of aliphatic hydroxyl groups is 1. The molecule has 8 nitrogen and oxygen atoms in total. The van der Waals surface area contributed by atoms with Gasteiger partial charge in [-0.15, -0.1) is 0 Å². The summed E-state index contributed by atoms with van der Waals surface area (Å²) < 4.78 is 6.67. The number of hydrogen-bond donors (Lipinski definition) is 3. The predicted molar refractivity (Wildman–Crippen MR) is 136 cm³/mol. The van der Waals surface area contributed by atoms with Crippen molar-refractivity contribution in [3.63, 3.8) is 0 Å². The second-order valence-corrected chi connectivity index (χ2v) is 14.2. The SMILES string of the molecule is C[C@@H]1[C@@H]([Si](C)(C)O)[C@H](CCO)O[C@@]12C(=O)N(c1ccccc1)c1ccc(N3CCNCC3=O)cc12. The van der Waals surface area contributed by atoms with Crippen molar-refractivity contribution >= 4 is 37.2 Å². The summed E-state index contributed by atoms with van der Waals surface area (Å²) >= 11 is 0. The third kappa shape index (κ3) is 3.73. The van der Waals surface area contributed by atoms with E-state index in [0.29, 0.717) is 25.1 Å².